The van der Waals surface area contributed by atoms with Gasteiger partial charge in [-0.3, -0.25) is 9.59 Å². The van der Waals surface area contributed by atoms with Crippen LogP contribution in [0.1, 0.15) is 15.9 Å². The predicted octanol–water partition coefficient (Wildman–Crippen LogP) is 2.48. The number of ether oxygens (including phenoxy) is 1. The van der Waals surface area contributed by atoms with Crippen molar-refractivity contribution < 1.29 is 14.3 Å². The lowest BCUT2D eigenvalue weighted by molar-refractivity contribution is -0.117. The summed E-state index contributed by atoms with van der Waals surface area (Å²) >= 11 is 0. The van der Waals surface area contributed by atoms with Crippen molar-refractivity contribution in [2.45, 2.75) is 6.92 Å². The molecule has 2 aromatic rings. The molecule has 0 spiro atoms. The molecule has 0 saturated carbocycles. The summed E-state index contributed by atoms with van der Waals surface area (Å²) in [6.07, 6.45) is 0. The van der Waals surface area contributed by atoms with Gasteiger partial charge in [-0.05, 0) is 43.3 Å². The van der Waals surface area contributed by atoms with Crippen molar-refractivity contribution in [3.8, 4) is 5.75 Å². The minimum Gasteiger partial charge on any atom is -0.497 e. The number of carbonyl (C=O) groups is 2. The van der Waals surface area contributed by atoms with Crippen LogP contribution in [-0.2, 0) is 4.79 Å². The van der Waals surface area contributed by atoms with Crippen LogP contribution in [0.5, 0.6) is 5.75 Å². The average molecular weight is 353 g/mol. The van der Waals surface area contributed by atoms with E-state index in [1.807, 2.05) is 37.3 Å². The van der Waals surface area contributed by atoms with Crippen LogP contribution in [-0.4, -0.2) is 32.0 Å². The number of nitrogens with one attached hydrogen (secondary N) is 3. The predicted molar refractivity (Wildman–Crippen MR) is 102 cm³/mol. The third-order valence-corrected chi connectivity index (χ3v) is 3.65. The van der Waals surface area contributed by atoms with Crippen molar-refractivity contribution in [3.05, 3.63) is 71.9 Å². The van der Waals surface area contributed by atoms with E-state index in [1.165, 1.54) is 0 Å². The highest BCUT2D eigenvalue weighted by Gasteiger charge is 2.11. The maximum absolute atomic E-state index is 12.1. The first-order chi connectivity index (χ1) is 12.5. The number of rotatable bonds is 8. The molecule has 2 amide bonds. The van der Waals surface area contributed by atoms with Crippen LogP contribution in [0, 0.1) is 6.92 Å². The summed E-state index contributed by atoms with van der Waals surface area (Å²) in [5.74, 6) is 0.0113. The molecule has 0 unspecified atom stereocenters. The molecule has 136 valence electrons. The summed E-state index contributed by atoms with van der Waals surface area (Å²) < 4.78 is 5.09. The smallest absolute Gasteiger partial charge is 0.267 e. The van der Waals surface area contributed by atoms with Crippen molar-refractivity contribution in [2.24, 2.45) is 0 Å². The van der Waals surface area contributed by atoms with E-state index in [4.69, 9.17) is 4.74 Å². The Labute approximate surface area is 153 Å². The van der Waals surface area contributed by atoms with Gasteiger partial charge in [0, 0.05) is 24.3 Å². The lowest BCUT2D eigenvalue weighted by Gasteiger charge is -2.11. The Kier molecular flexibility index (Phi) is 6.79. The maximum Gasteiger partial charge on any atom is 0.267 e. The van der Waals surface area contributed by atoms with Crippen LogP contribution < -0.4 is 20.7 Å². The van der Waals surface area contributed by atoms with Crippen molar-refractivity contribution >= 4 is 17.5 Å². The molecular weight excluding hydrogens is 330 g/mol. The molecule has 2 aromatic carbocycles. The Hall–Kier alpha value is -3.28. The van der Waals surface area contributed by atoms with E-state index in [2.05, 4.69) is 22.5 Å². The van der Waals surface area contributed by atoms with Crippen molar-refractivity contribution in [1.82, 2.24) is 10.6 Å². The van der Waals surface area contributed by atoms with E-state index in [0.29, 0.717) is 18.7 Å². The lowest BCUT2D eigenvalue weighted by Crippen LogP contribution is -2.36. The van der Waals surface area contributed by atoms with Crippen molar-refractivity contribution in [2.75, 3.05) is 25.5 Å². The molecule has 0 aliphatic heterocycles. The number of anilines is 1. The topological polar surface area (TPSA) is 79.5 Å². The Morgan fingerprint density at radius 2 is 1.81 bits per heavy atom. The molecule has 3 N–H and O–H groups in total. The van der Waals surface area contributed by atoms with Gasteiger partial charge in [0.15, 0.2) is 0 Å². The van der Waals surface area contributed by atoms with E-state index in [0.717, 1.165) is 17.0 Å². The molecule has 0 aromatic heterocycles. The fraction of sp³-hybridized carbons (Fsp3) is 0.200. The van der Waals surface area contributed by atoms with Crippen LogP contribution in [0.15, 0.2) is 60.8 Å². The van der Waals surface area contributed by atoms with Gasteiger partial charge in [-0.2, -0.15) is 0 Å². The maximum atomic E-state index is 12.1. The molecule has 0 fully saturated rings. The molecule has 0 bridgehead atoms. The SMILES string of the molecule is C=C(NC(=O)c1cccc(C)c1)C(=O)NCCNc1ccc(OC)cc1. The van der Waals surface area contributed by atoms with Gasteiger partial charge in [-0.25, -0.2) is 0 Å². The van der Waals surface area contributed by atoms with E-state index in [9.17, 15) is 9.59 Å². The highest BCUT2D eigenvalue weighted by atomic mass is 16.5. The third-order valence-electron chi connectivity index (χ3n) is 3.65. The highest BCUT2D eigenvalue weighted by Crippen LogP contribution is 2.14. The molecule has 26 heavy (non-hydrogen) atoms. The zero-order chi connectivity index (χ0) is 18.9. The quantitative estimate of drug-likeness (QED) is 0.503. The first-order valence-corrected chi connectivity index (χ1v) is 8.22. The number of hydrogen-bond acceptors (Lipinski definition) is 4. The zero-order valence-corrected chi connectivity index (χ0v) is 15.0. The third kappa shape index (κ3) is 5.66. The molecule has 0 aliphatic rings. The fourth-order valence-corrected chi connectivity index (χ4v) is 2.25. The van der Waals surface area contributed by atoms with Crippen LogP contribution in [0.2, 0.25) is 0 Å². The van der Waals surface area contributed by atoms with E-state index in [-0.39, 0.29) is 11.6 Å². The molecule has 6 nitrogen and oxygen atoms in total. The fourth-order valence-electron chi connectivity index (χ4n) is 2.25. The van der Waals surface area contributed by atoms with Gasteiger partial charge in [0.05, 0.1) is 12.8 Å². The molecule has 0 heterocycles. The van der Waals surface area contributed by atoms with Gasteiger partial charge >= 0.3 is 0 Å². The Balaban J connectivity index is 1.73. The number of aryl methyl sites for hydroxylation is 1. The average Bonchev–Trinajstić information content (AvgIpc) is 2.65. The Bertz CT molecular complexity index is 785. The highest BCUT2D eigenvalue weighted by molar-refractivity contribution is 6.02. The minimum absolute atomic E-state index is 0.0148. The minimum atomic E-state index is -0.414. The molecule has 2 rings (SSSR count). The van der Waals surface area contributed by atoms with E-state index < -0.39 is 5.91 Å². The molecule has 6 heteroatoms. The number of benzene rings is 2. The number of carbonyl (C=O) groups excluding carboxylic acids is 2. The second-order valence-corrected chi connectivity index (χ2v) is 5.71. The normalized spacial score (nSPS) is 9.92. The molecular formula is C20H23N3O3. The van der Waals surface area contributed by atoms with Gasteiger partial charge in [-0.1, -0.05) is 24.3 Å². The Morgan fingerprint density at radius 1 is 1.08 bits per heavy atom. The largest absolute Gasteiger partial charge is 0.497 e. The van der Waals surface area contributed by atoms with E-state index in [1.54, 1.807) is 25.3 Å². The first-order valence-electron chi connectivity index (χ1n) is 8.22. The molecule has 0 aliphatic carbocycles. The van der Waals surface area contributed by atoms with Crippen LogP contribution >= 0.6 is 0 Å². The Morgan fingerprint density at radius 3 is 2.46 bits per heavy atom. The second kappa shape index (κ2) is 9.27. The van der Waals surface area contributed by atoms with Crippen LogP contribution in [0.25, 0.3) is 0 Å². The van der Waals surface area contributed by atoms with E-state index >= 15 is 0 Å². The number of amides is 2. The van der Waals surface area contributed by atoms with Crippen molar-refractivity contribution in [3.63, 3.8) is 0 Å². The van der Waals surface area contributed by atoms with Gasteiger partial charge in [0.1, 0.15) is 5.75 Å². The summed E-state index contributed by atoms with van der Waals surface area (Å²) in [6.45, 7) is 6.45. The lowest BCUT2D eigenvalue weighted by atomic mass is 10.1. The van der Waals surface area contributed by atoms with Crippen molar-refractivity contribution in [1.29, 1.82) is 0 Å². The molecule has 0 radical (unpaired) electrons. The summed E-state index contributed by atoms with van der Waals surface area (Å²) in [4.78, 5) is 24.1. The summed E-state index contributed by atoms with van der Waals surface area (Å²) in [7, 11) is 1.61. The van der Waals surface area contributed by atoms with Gasteiger partial charge in [-0.15, -0.1) is 0 Å². The van der Waals surface area contributed by atoms with Gasteiger partial charge in [0.2, 0.25) is 0 Å². The summed E-state index contributed by atoms with van der Waals surface area (Å²) in [6, 6.07) is 14.6. The van der Waals surface area contributed by atoms with Gasteiger partial charge in [0.25, 0.3) is 11.8 Å². The second-order valence-electron chi connectivity index (χ2n) is 5.71. The number of hydrogen-bond donors (Lipinski definition) is 3. The molecule has 0 atom stereocenters. The monoisotopic (exact) mass is 353 g/mol. The summed E-state index contributed by atoms with van der Waals surface area (Å²) in [5.41, 5.74) is 2.39. The van der Waals surface area contributed by atoms with Crippen LogP contribution in [0.4, 0.5) is 5.69 Å². The summed E-state index contributed by atoms with van der Waals surface area (Å²) in [5, 5.41) is 8.39. The standard InChI is InChI=1S/C20H23N3O3/c1-14-5-4-6-16(13-14)20(25)23-15(2)19(24)22-12-11-21-17-7-9-18(26-3)10-8-17/h4-10,13,21H,2,11-12H2,1,3H3,(H,22,24)(H,23,25). The number of methoxy groups -OCH3 is 1. The van der Waals surface area contributed by atoms with Gasteiger partial charge < -0.3 is 20.7 Å². The van der Waals surface area contributed by atoms with Crippen LogP contribution in [0.3, 0.4) is 0 Å². The zero-order valence-electron chi connectivity index (χ0n) is 15.0. The molecule has 0 saturated heterocycles. The first kappa shape index (κ1) is 19.1.